The first-order valence-electron chi connectivity index (χ1n) is 4.31. The number of benzene rings is 1. The van der Waals surface area contributed by atoms with E-state index >= 15 is 0 Å². The number of halogens is 1. The number of fused-ring (bicyclic) bond motifs is 1. The predicted molar refractivity (Wildman–Crippen MR) is 57.5 cm³/mol. The van der Waals surface area contributed by atoms with E-state index in [1.165, 1.54) is 0 Å². The van der Waals surface area contributed by atoms with E-state index in [4.69, 9.17) is 11.6 Å². The Hall–Kier alpha value is -1.35. The van der Waals surface area contributed by atoms with Crippen molar-refractivity contribution in [2.45, 2.75) is 6.42 Å². The number of hydrogen-bond donors (Lipinski definition) is 1. The van der Waals surface area contributed by atoms with Crippen molar-refractivity contribution in [1.29, 1.82) is 0 Å². The maximum absolute atomic E-state index is 11.4. The van der Waals surface area contributed by atoms with Crippen molar-refractivity contribution in [1.82, 2.24) is 0 Å². The van der Waals surface area contributed by atoms with Gasteiger partial charge in [0.25, 0.3) is 0 Å². The van der Waals surface area contributed by atoms with E-state index in [1.54, 1.807) is 0 Å². The summed E-state index contributed by atoms with van der Waals surface area (Å²) in [5.74, 6) is 0.233. The second-order valence-electron chi connectivity index (χ2n) is 3.05. The Morgan fingerprint density at radius 2 is 2.21 bits per heavy atom. The van der Waals surface area contributed by atoms with E-state index in [9.17, 15) is 4.79 Å². The van der Waals surface area contributed by atoms with E-state index in [-0.39, 0.29) is 12.3 Å². The van der Waals surface area contributed by atoms with Crippen molar-refractivity contribution < 1.29 is 4.79 Å². The molecule has 14 heavy (non-hydrogen) atoms. The molecule has 0 atom stereocenters. The predicted octanol–water partition coefficient (Wildman–Crippen LogP) is 2.34. The number of anilines is 1. The van der Waals surface area contributed by atoms with Crippen molar-refractivity contribution in [2.24, 2.45) is 4.99 Å². The average molecular weight is 209 g/mol. The molecule has 0 spiro atoms. The summed E-state index contributed by atoms with van der Waals surface area (Å²) in [6, 6.07) is 7.42. The standard InChI is InChI=1S/C10H9ClN2O/c11-6-7-5-10(14)13-9-4-2-1-3-8(9)12-7/h1-4H,5-6H2,(H,13,14). The normalized spacial score (nSPS) is 15.2. The van der Waals surface area contributed by atoms with Crippen molar-refractivity contribution in [2.75, 3.05) is 11.2 Å². The van der Waals surface area contributed by atoms with Crippen LogP contribution in [0.25, 0.3) is 0 Å². The second-order valence-corrected chi connectivity index (χ2v) is 3.32. The highest BCUT2D eigenvalue weighted by atomic mass is 35.5. The van der Waals surface area contributed by atoms with Crippen LogP contribution in [0.1, 0.15) is 6.42 Å². The minimum absolute atomic E-state index is 0.0608. The van der Waals surface area contributed by atoms with Crippen LogP contribution < -0.4 is 5.32 Å². The van der Waals surface area contributed by atoms with Gasteiger partial charge in [-0.25, -0.2) is 0 Å². The molecule has 1 aliphatic heterocycles. The molecule has 1 aromatic carbocycles. The van der Waals surface area contributed by atoms with E-state index in [0.29, 0.717) is 11.6 Å². The first kappa shape index (κ1) is 9.21. The van der Waals surface area contributed by atoms with Crippen molar-refractivity contribution in [3.63, 3.8) is 0 Å². The first-order valence-corrected chi connectivity index (χ1v) is 4.84. The highest BCUT2D eigenvalue weighted by Gasteiger charge is 2.13. The summed E-state index contributed by atoms with van der Waals surface area (Å²) < 4.78 is 0. The zero-order valence-corrected chi connectivity index (χ0v) is 8.21. The van der Waals surface area contributed by atoms with Crippen LogP contribution in [0.15, 0.2) is 29.3 Å². The lowest BCUT2D eigenvalue weighted by Gasteiger charge is -2.02. The Labute approximate surface area is 86.8 Å². The molecule has 2 rings (SSSR count). The van der Waals surface area contributed by atoms with Crippen LogP contribution in [0.5, 0.6) is 0 Å². The number of carbonyl (C=O) groups is 1. The SMILES string of the molecule is O=C1CC(CCl)=Nc2ccccc2N1. The molecule has 0 radical (unpaired) electrons. The molecule has 1 aliphatic rings. The third kappa shape index (κ3) is 1.77. The van der Waals surface area contributed by atoms with Crippen LogP contribution in [0.2, 0.25) is 0 Å². The highest BCUT2D eigenvalue weighted by Crippen LogP contribution is 2.27. The van der Waals surface area contributed by atoms with Crippen LogP contribution in [0.3, 0.4) is 0 Å². The minimum Gasteiger partial charge on any atom is -0.324 e. The number of nitrogens with one attached hydrogen (secondary N) is 1. The summed E-state index contributed by atoms with van der Waals surface area (Å²) in [6.07, 6.45) is 0.276. The fourth-order valence-electron chi connectivity index (χ4n) is 1.34. The molecule has 72 valence electrons. The quantitative estimate of drug-likeness (QED) is 0.708. The van der Waals surface area contributed by atoms with Gasteiger partial charge in [-0.2, -0.15) is 0 Å². The van der Waals surface area contributed by atoms with Crippen LogP contribution in [-0.4, -0.2) is 17.5 Å². The third-order valence-electron chi connectivity index (χ3n) is 1.98. The summed E-state index contributed by atoms with van der Waals surface area (Å²) in [5, 5.41) is 2.77. The van der Waals surface area contributed by atoms with Gasteiger partial charge in [-0.3, -0.25) is 9.79 Å². The molecular formula is C10H9ClN2O. The summed E-state index contributed by atoms with van der Waals surface area (Å²) >= 11 is 5.67. The number of alkyl halides is 1. The van der Waals surface area contributed by atoms with E-state index in [1.807, 2.05) is 24.3 Å². The largest absolute Gasteiger partial charge is 0.324 e. The van der Waals surface area contributed by atoms with Gasteiger partial charge in [0.2, 0.25) is 5.91 Å². The summed E-state index contributed by atoms with van der Waals surface area (Å²) in [5.41, 5.74) is 2.22. The van der Waals surface area contributed by atoms with E-state index in [2.05, 4.69) is 10.3 Å². The van der Waals surface area contributed by atoms with Gasteiger partial charge in [-0.1, -0.05) is 12.1 Å². The molecule has 0 aliphatic carbocycles. The van der Waals surface area contributed by atoms with Crippen LogP contribution in [0.4, 0.5) is 11.4 Å². The Balaban J connectivity index is 2.47. The zero-order chi connectivity index (χ0) is 9.97. The monoisotopic (exact) mass is 208 g/mol. The molecule has 1 N–H and O–H groups in total. The minimum atomic E-state index is -0.0608. The summed E-state index contributed by atoms with van der Waals surface area (Å²) in [4.78, 5) is 15.7. The number of para-hydroxylation sites is 2. The lowest BCUT2D eigenvalue weighted by atomic mass is 10.3. The van der Waals surface area contributed by atoms with Gasteiger partial charge in [-0.05, 0) is 12.1 Å². The second kappa shape index (κ2) is 3.80. The van der Waals surface area contributed by atoms with Crippen LogP contribution in [0, 0.1) is 0 Å². The van der Waals surface area contributed by atoms with Gasteiger partial charge in [0, 0.05) is 5.71 Å². The Bertz CT molecular complexity index is 401. The number of hydrogen-bond acceptors (Lipinski definition) is 2. The Morgan fingerprint density at radius 3 is 3.00 bits per heavy atom. The van der Waals surface area contributed by atoms with Gasteiger partial charge >= 0.3 is 0 Å². The molecule has 0 unspecified atom stereocenters. The van der Waals surface area contributed by atoms with Crippen molar-refractivity contribution in [3.8, 4) is 0 Å². The number of nitrogens with zero attached hydrogens (tertiary/aromatic N) is 1. The number of rotatable bonds is 1. The molecule has 1 amide bonds. The average Bonchev–Trinajstić information content (AvgIpc) is 2.35. The molecular weight excluding hydrogens is 200 g/mol. The first-order chi connectivity index (χ1) is 6.79. The fraction of sp³-hybridized carbons (Fsp3) is 0.200. The Kier molecular flexibility index (Phi) is 2.50. The number of aliphatic imine (C=N–C) groups is 1. The molecule has 3 nitrogen and oxygen atoms in total. The summed E-state index contributed by atoms with van der Waals surface area (Å²) in [7, 11) is 0. The Morgan fingerprint density at radius 1 is 1.43 bits per heavy atom. The third-order valence-corrected chi connectivity index (χ3v) is 2.28. The van der Waals surface area contributed by atoms with Crippen molar-refractivity contribution in [3.05, 3.63) is 24.3 Å². The zero-order valence-electron chi connectivity index (χ0n) is 7.46. The molecule has 4 heteroatoms. The molecule has 0 saturated carbocycles. The van der Waals surface area contributed by atoms with Gasteiger partial charge in [-0.15, -0.1) is 11.6 Å². The van der Waals surface area contributed by atoms with E-state index in [0.717, 1.165) is 11.4 Å². The van der Waals surface area contributed by atoms with Crippen LogP contribution >= 0.6 is 11.6 Å². The van der Waals surface area contributed by atoms with Crippen molar-refractivity contribution >= 4 is 34.6 Å². The molecule has 0 saturated heterocycles. The van der Waals surface area contributed by atoms with Crippen LogP contribution in [-0.2, 0) is 4.79 Å². The van der Waals surface area contributed by atoms with E-state index < -0.39 is 0 Å². The van der Waals surface area contributed by atoms with Gasteiger partial charge in [0.05, 0.1) is 23.7 Å². The lowest BCUT2D eigenvalue weighted by Crippen LogP contribution is -2.14. The smallest absolute Gasteiger partial charge is 0.230 e. The maximum atomic E-state index is 11.4. The molecule has 1 heterocycles. The van der Waals surface area contributed by atoms with Gasteiger partial charge in [0.1, 0.15) is 0 Å². The number of carbonyl (C=O) groups excluding carboxylic acids is 1. The van der Waals surface area contributed by atoms with Gasteiger partial charge in [0.15, 0.2) is 0 Å². The molecule has 1 aromatic rings. The highest BCUT2D eigenvalue weighted by molar-refractivity contribution is 6.31. The molecule has 0 fully saturated rings. The fourth-order valence-corrected chi connectivity index (χ4v) is 1.50. The van der Waals surface area contributed by atoms with Gasteiger partial charge < -0.3 is 5.32 Å². The lowest BCUT2D eigenvalue weighted by molar-refractivity contribution is -0.115. The summed E-state index contributed by atoms with van der Waals surface area (Å²) in [6.45, 7) is 0. The molecule has 0 aromatic heterocycles. The topological polar surface area (TPSA) is 41.5 Å². The maximum Gasteiger partial charge on any atom is 0.230 e. The molecule has 0 bridgehead atoms. The number of amides is 1.